The van der Waals surface area contributed by atoms with E-state index in [9.17, 15) is 6.80 Å². The Labute approximate surface area is 91.5 Å². The summed E-state index contributed by atoms with van der Waals surface area (Å²) in [4.78, 5) is 11.1. The number of rotatable bonds is 2. The van der Waals surface area contributed by atoms with Crippen LogP contribution in [0.3, 0.4) is 0 Å². The van der Waals surface area contributed by atoms with Gasteiger partial charge in [0.15, 0.2) is 0 Å². The molecular weight excluding hydrogens is 318 g/mol. The van der Waals surface area contributed by atoms with Gasteiger partial charge in [0.25, 0.3) is 0 Å². The van der Waals surface area contributed by atoms with Crippen LogP contribution in [0.1, 0.15) is 0 Å². The monoisotopic (exact) mass is 324 g/mol. The van der Waals surface area contributed by atoms with Crippen molar-refractivity contribution in [2.45, 2.75) is 0 Å². The number of azide groups is 1. The van der Waals surface area contributed by atoms with E-state index in [2.05, 4.69) is 28.1 Å². The molecule has 0 spiro atoms. The predicted octanol–water partition coefficient (Wildman–Crippen LogP) is 0.667. The molecule has 0 aliphatic heterocycles. The summed E-state index contributed by atoms with van der Waals surface area (Å²) in [6.07, 6.45) is -1.33. The molecule has 0 rings (SSSR count). The molecule has 9 nitrogen and oxygen atoms in total. The zero-order valence-electron chi connectivity index (χ0n) is 6.32. The second-order valence-corrected chi connectivity index (χ2v) is 6.30. The molecule has 0 radical (unpaired) electrons. The van der Waals surface area contributed by atoms with Gasteiger partial charge >= 0.3 is 75.9 Å². The van der Waals surface area contributed by atoms with Crippen LogP contribution in [0.2, 0.25) is 0 Å². The Morgan fingerprint density at radius 3 is 2.43 bits per heavy atom. The van der Waals surface area contributed by atoms with Crippen molar-refractivity contribution >= 4 is 32.1 Å². The molecule has 0 aliphatic carbocycles. The summed E-state index contributed by atoms with van der Waals surface area (Å²) in [5, 5.41) is 10.0. The Kier molecular flexibility index (Phi) is 11.3. The fourth-order valence-electron chi connectivity index (χ4n) is 0.144. The van der Waals surface area contributed by atoms with Crippen molar-refractivity contribution in [2.24, 2.45) is 11.0 Å². The van der Waals surface area contributed by atoms with Gasteiger partial charge in [0.05, 0.1) is 0 Å². The number of nitrogens with zero attached hydrogens (tertiary/aromatic N) is 3. The van der Waals surface area contributed by atoms with E-state index in [1.165, 1.54) is 0 Å². The molecule has 0 saturated heterocycles. The average Bonchev–Trinajstić information content (AvgIpc) is 1.98. The second-order valence-electron chi connectivity index (χ2n) is 1.21. The number of primary amides is 1. The van der Waals surface area contributed by atoms with Gasteiger partial charge < -0.3 is 10.8 Å². The maximum atomic E-state index is 10.0. The van der Waals surface area contributed by atoms with E-state index in [-0.39, 0.29) is 4.32 Å². The van der Waals surface area contributed by atoms with Crippen molar-refractivity contribution in [1.82, 2.24) is 5.43 Å². The number of hydrogen-bond acceptors (Lipinski definition) is 6. The molecule has 0 aromatic heterocycles. The predicted molar refractivity (Wildman–Crippen MR) is 46.1 cm³/mol. The quantitative estimate of drug-likeness (QED) is 0.168. The normalized spacial score (nSPS) is 7.14. The van der Waals surface area contributed by atoms with Gasteiger partial charge in [-0.2, -0.15) is 0 Å². The molecule has 0 aromatic carbocycles. The first-order chi connectivity index (χ1) is 6.40. The average molecular weight is 322 g/mol. The Bertz CT molecular complexity index is 310. The first-order valence-electron chi connectivity index (χ1n) is 2.50. The zero-order chi connectivity index (χ0) is 11.6. The molecule has 12 heteroatoms. The molecule has 0 heterocycles. The number of nitrogens with two attached hydrogens (primary N) is 1. The third kappa shape index (κ3) is 22.5. The van der Waals surface area contributed by atoms with Gasteiger partial charge in [-0.1, -0.05) is 0 Å². The topological polar surface area (TPSA) is 158 Å². The molecule has 0 aliphatic rings. The van der Waals surface area contributed by atoms with Crippen LogP contribution in [0.15, 0.2) is 5.22 Å². The van der Waals surface area contributed by atoms with E-state index >= 15 is 0 Å². The van der Waals surface area contributed by atoms with Gasteiger partial charge in [0, 0.05) is 0 Å². The fourth-order valence-corrected chi connectivity index (χ4v) is 2.56. The number of thiocarbonyl (C=S) groups is 1. The number of amides is 1. The second kappa shape index (κ2) is 10.2. The van der Waals surface area contributed by atoms with Crippen LogP contribution in [0.5, 0.6) is 0 Å². The Morgan fingerprint density at radius 1 is 1.71 bits per heavy atom. The van der Waals surface area contributed by atoms with Crippen LogP contribution in [0.25, 0.3) is 10.4 Å². The van der Waals surface area contributed by atoms with Crippen molar-refractivity contribution in [3.05, 3.63) is 10.4 Å². The molecule has 0 bridgehead atoms. The summed E-state index contributed by atoms with van der Waals surface area (Å²) in [5.74, 6) is 0. The summed E-state index contributed by atoms with van der Waals surface area (Å²) in [6, 6.07) is 0. The van der Waals surface area contributed by atoms with E-state index in [1.807, 2.05) is 5.43 Å². The van der Waals surface area contributed by atoms with Gasteiger partial charge in [0.1, 0.15) is 0 Å². The number of hydrogen-bond donors (Lipinski definition) is 3. The van der Waals surface area contributed by atoms with Crippen LogP contribution in [0, 0.1) is 0 Å². The SMILES string of the molecule is NC(=O)O.[N-]=[N+]=NNC(=S)[S][Mo](=[O])=[O]. The van der Waals surface area contributed by atoms with E-state index < -0.39 is 22.1 Å². The summed E-state index contributed by atoms with van der Waals surface area (Å²) in [6.45, 7) is 0. The Morgan fingerprint density at radius 2 is 2.14 bits per heavy atom. The standard InChI is InChI=1S/CH2N4S2.CH3NO2.Mo.2O/c2-4-5-3-1(6)7;2-1(3)4;;;/h(H2,3,6,7);2H2,(H,3,4);;;/q;;+1;;/p-1. The minimum absolute atomic E-state index is 0.0422. The first kappa shape index (κ1) is 15.6. The molecule has 0 fully saturated rings. The third-order valence-corrected chi connectivity index (χ3v) is 4.13. The van der Waals surface area contributed by atoms with Crippen molar-refractivity contribution in [1.29, 1.82) is 0 Å². The van der Waals surface area contributed by atoms with Gasteiger partial charge in [-0.15, -0.1) is 0 Å². The fraction of sp³-hybridized carbons (Fsp3) is 0. The molecule has 0 unspecified atom stereocenters. The number of carboxylic acid groups (broad SMARTS) is 1. The Balaban J connectivity index is 0. The third-order valence-electron chi connectivity index (χ3n) is 0.330. The van der Waals surface area contributed by atoms with E-state index in [0.29, 0.717) is 9.47 Å². The first-order valence-corrected chi connectivity index (χ1v) is 7.74. The molecule has 4 N–H and O–H groups in total. The molecule has 1 amide bonds. The van der Waals surface area contributed by atoms with Gasteiger partial charge in [-0.25, -0.2) is 4.79 Å². The van der Waals surface area contributed by atoms with Gasteiger partial charge in [-0.05, 0) is 0 Å². The van der Waals surface area contributed by atoms with Gasteiger partial charge in [-0.3, -0.25) is 0 Å². The summed E-state index contributed by atoms with van der Waals surface area (Å²) in [5.41, 5.74) is 13.8. The van der Waals surface area contributed by atoms with Crippen molar-refractivity contribution in [3.8, 4) is 0 Å². The molecule has 79 valence electrons. The Hall–Kier alpha value is -0.892. The summed E-state index contributed by atoms with van der Waals surface area (Å²) < 4.78 is 20.0. The molecule has 0 saturated carbocycles. The summed E-state index contributed by atoms with van der Waals surface area (Å²) in [7, 11) is 0.509. The van der Waals surface area contributed by atoms with Crippen molar-refractivity contribution in [2.75, 3.05) is 0 Å². The van der Waals surface area contributed by atoms with Crippen LogP contribution in [-0.2, 0) is 22.8 Å². The number of carbonyl (C=O) groups is 1. The van der Waals surface area contributed by atoms with Gasteiger partial charge in [0.2, 0.25) is 0 Å². The van der Waals surface area contributed by atoms with Crippen molar-refractivity contribution < 1.29 is 32.7 Å². The molecular formula is C2H4MoN5O4S2. The van der Waals surface area contributed by atoms with E-state index in [1.54, 1.807) is 0 Å². The van der Waals surface area contributed by atoms with E-state index in [4.69, 9.17) is 15.4 Å². The summed E-state index contributed by atoms with van der Waals surface area (Å²) >= 11 is 0.926. The maximum absolute atomic E-state index is 10.0. The van der Waals surface area contributed by atoms with Crippen molar-refractivity contribution in [3.63, 3.8) is 0 Å². The van der Waals surface area contributed by atoms with Crippen LogP contribution in [-0.4, -0.2) is 15.5 Å². The number of nitrogens with one attached hydrogen (secondary N) is 1. The molecule has 14 heavy (non-hydrogen) atoms. The minimum atomic E-state index is -3.50. The zero-order valence-corrected chi connectivity index (χ0v) is 9.96. The van der Waals surface area contributed by atoms with E-state index in [0.717, 1.165) is 0 Å². The molecule has 0 aromatic rings. The van der Waals surface area contributed by atoms with Crippen LogP contribution < -0.4 is 11.2 Å². The van der Waals surface area contributed by atoms with Crippen LogP contribution in [0.4, 0.5) is 4.79 Å². The van der Waals surface area contributed by atoms with Crippen LogP contribution >= 0.6 is 21.7 Å². The molecule has 0 atom stereocenters.